The highest BCUT2D eigenvalue weighted by Gasteiger charge is 2.23. The highest BCUT2D eigenvalue weighted by molar-refractivity contribution is 7.99. The van der Waals surface area contributed by atoms with E-state index >= 15 is 0 Å². The molecule has 6 nitrogen and oxygen atoms in total. The molecule has 1 saturated carbocycles. The lowest BCUT2D eigenvalue weighted by Crippen LogP contribution is -2.27. The Hall–Kier alpha value is -1.50. The Balaban J connectivity index is 1.88. The zero-order valence-corrected chi connectivity index (χ0v) is 10.3. The first-order valence-electron chi connectivity index (χ1n) is 5.28. The predicted octanol–water partition coefficient (Wildman–Crippen LogP) is 0.438. The normalized spacial score (nSPS) is 14.4. The van der Waals surface area contributed by atoms with Gasteiger partial charge in [0.2, 0.25) is 17.7 Å². The van der Waals surface area contributed by atoms with E-state index < -0.39 is 0 Å². The topological polar surface area (TPSA) is 90.1 Å². The van der Waals surface area contributed by atoms with Crippen LogP contribution in [0.5, 0.6) is 5.88 Å². The Morgan fingerprint density at radius 1 is 1.65 bits per heavy atom. The van der Waals surface area contributed by atoms with Crippen LogP contribution in [0.15, 0.2) is 11.1 Å². The quantitative estimate of drug-likeness (QED) is 0.585. The van der Waals surface area contributed by atoms with E-state index in [-0.39, 0.29) is 11.9 Å². The van der Waals surface area contributed by atoms with Crippen LogP contribution in [0.1, 0.15) is 12.8 Å². The van der Waals surface area contributed by atoms with Gasteiger partial charge in [-0.25, -0.2) is 4.98 Å². The number of methoxy groups -OCH3 is 1. The maximum atomic E-state index is 11.5. The summed E-state index contributed by atoms with van der Waals surface area (Å²) in [6, 6.07) is 2.04. The van der Waals surface area contributed by atoms with Gasteiger partial charge in [0.05, 0.1) is 12.9 Å². The van der Waals surface area contributed by atoms with E-state index in [1.165, 1.54) is 18.9 Å². The first-order chi connectivity index (χ1) is 8.17. The lowest BCUT2D eigenvalue weighted by molar-refractivity contribution is -0.118. The number of thioether (sulfide) groups is 1. The summed E-state index contributed by atoms with van der Waals surface area (Å²) in [7, 11) is 1.51. The number of nitrogens with one attached hydrogen (secondary N) is 1. The Labute approximate surface area is 103 Å². The number of anilines is 1. The number of aromatic nitrogens is 2. The van der Waals surface area contributed by atoms with Gasteiger partial charge < -0.3 is 15.8 Å². The van der Waals surface area contributed by atoms with Gasteiger partial charge in [0, 0.05) is 12.1 Å². The minimum atomic E-state index is 0.0219. The number of carbonyl (C=O) groups is 1. The molecule has 17 heavy (non-hydrogen) atoms. The Morgan fingerprint density at radius 3 is 3.06 bits per heavy atom. The highest BCUT2D eigenvalue weighted by Crippen LogP contribution is 2.22. The molecule has 92 valence electrons. The molecule has 0 spiro atoms. The summed E-state index contributed by atoms with van der Waals surface area (Å²) < 4.78 is 4.97. The van der Waals surface area contributed by atoms with E-state index in [9.17, 15) is 4.79 Å². The lowest BCUT2D eigenvalue weighted by atomic mass is 10.6. The van der Waals surface area contributed by atoms with Crippen molar-refractivity contribution in [2.24, 2.45) is 0 Å². The number of nitrogens with zero attached hydrogens (tertiary/aromatic N) is 2. The number of rotatable bonds is 5. The third-order valence-corrected chi connectivity index (χ3v) is 3.11. The molecule has 0 atom stereocenters. The van der Waals surface area contributed by atoms with Crippen LogP contribution in [-0.4, -0.2) is 34.8 Å². The maximum Gasteiger partial charge on any atom is 0.230 e. The van der Waals surface area contributed by atoms with Crippen molar-refractivity contribution in [1.82, 2.24) is 15.3 Å². The van der Waals surface area contributed by atoms with Crippen molar-refractivity contribution >= 4 is 23.6 Å². The molecule has 0 aromatic carbocycles. The average Bonchev–Trinajstić information content (AvgIpc) is 3.09. The van der Waals surface area contributed by atoms with Gasteiger partial charge in [-0.15, -0.1) is 0 Å². The van der Waals surface area contributed by atoms with Crippen LogP contribution in [0.3, 0.4) is 0 Å². The third-order valence-electron chi connectivity index (χ3n) is 2.20. The molecule has 1 aliphatic carbocycles. The number of nitrogen functional groups attached to an aromatic ring is 1. The van der Waals surface area contributed by atoms with Gasteiger partial charge in [-0.05, 0) is 12.8 Å². The monoisotopic (exact) mass is 254 g/mol. The second kappa shape index (κ2) is 5.22. The predicted molar refractivity (Wildman–Crippen MR) is 64.9 cm³/mol. The molecule has 1 heterocycles. The van der Waals surface area contributed by atoms with Crippen molar-refractivity contribution in [2.45, 2.75) is 23.9 Å². The van der Waals surface area contributed by atoms with Crippen LogP contribution in [0.2, 0.25) is 0 Å². The molecule has 2 rings (SSSR count). The summed E-state index contributed by atoms with van der Waals surface area (Å²) in [6.45, 7) is 0. The first-order valence-corrected chi connectivity index (χ1v) is 6.26. The fourth-order valence-electron chi connectivity index (χ4n) is 1.24. The minimum Gasteiger partial charge on any atom is -0.481 e. The van der Waals surface area contributed by atoms with Gasteiger partial charge in [0.25, 0.3) is 0 Å². The molecule has 1 aromatic heterocycles. The number of hydrogen-bond donors (Lipinski definition) is 2. The summed E-state index contributed by atoms with van der Waals surface area (Å²) in [4.78, 5) is 19.4. The van der Waals surface area contributed by atoms with Crippen molar-refractivity contribution in [2.75, 3.05) is 18.6 Å². The number of amides is 1. The van der Waals surface area contributed by atoms with Gasteiger partial charge in [-0.1, -0.05) is 11.8 Å². The van der Waals surface area contributed by atoms with Crippen LogP contribution in [0, 0.1) is 0 Å². The van der Waals surface area contributed by atoms with Crippen LogP contribution in [0.25, 0.3) is 0 Å². The fourth-order valence-corrected chi connectivity index (χ4v) is 1.94. The van der Waals surface area contributed by atoms with E-state index in [0.29, 0.717) is 22.7 Å². The summed E-state index contributed by atoms with van der Waals surface area (Å²) >= 11 is 1.32. The summed E-state index contributed by atoms with van der Waals surface area (Å²) in [5, 5.41) is 3.54. The molecule has 0 unspecified atom stereocenters. The largest absolute Gasteiger partial charge is 0.481 e. The number of hydrogen-bond acceptors (Lipinski definition) is 6. The zero-order chi connectivity index (χ0) is 12.3. The van der Waals surface area contributed by atoms with Crippen molar-refractivity contribution < 1.29 is 9.53 Å². The lowest BCUT2D eigenvalue weighted by Gasteiger charge is -2.05. The van der Waals surface area contributed by atoms with Crippen molar-refractivity contribution in [1.29, 1.82) is 0 Å². The van der Waals surface area contributed by atoms with E-state index in [4.69, 9.17) is 10.5 Å². The SMILES string of the molecule is COc1cc(SCC(=O)NC2CC2)nc(N)n1. The molecule has 0 radical (unpaired) electrons. The molecule has 3 N–H and O–H groups in total. The molecule has 0 bridgehead atoms. The van der Waals surface area contributed by atoms with Crippen LogP contribution in [-0.2, 0) is 4.79 Å². The molecule has 1 aromatic rings. The molecule has 7 heteroatoms. The van der Waals surface area contributed by atoms with Crippen LogP contribution >= 0.6 is 11.8 Å². The van der Waals surface area contributed by atoms with Gasteiger partial charge >= 0.3 is 0 Å². The second-order valence-electron chi connectivity index (χ2n) is 3.74. The van der Waals surface area contributed by atoms with Crippen LogP contribution in [0.4, 0.5) is 5.95 Å². The second-order valence-corrected chi connectivity index (χ2v) is 4.73. The Kier molecular flexibility index (Phi) is 3.68. The first kappa shape index (κ1) is 12.0. The zero-order valence-electron chi connectivity index (χ0n) is 9.47. The number of nitrogens with two attached hydrogens (primary N) is 1. The van der Waals surface area contributed by atoms with Gasteiger partial charge in [-0.2, -0.15) is 4.98 Å². The number of carbonyl (C=O) groups excluding carboxylic acids is 1. The molecule has 1 fully saturated rings. The highest BCUT2D eigenvalue weighted by atomic mass is 32.2. The Bertz CT molecular complexity index is 423. The van der Waals surface area contributed by atoms with E-state index in [2.05, 4.69) is 15.3 Å². The fraction of sp³-hybridized carbons (Fsp3) is 0.500. The molecule has 0 saturated heterocycles. The van der Waals surface area contributed by atoms with E-state index in [0.717, 1.165) is 12.8 Å². The summed E-state index contributed by atoms with van der Waals surface area (Å²) in [5.41, 5.74) is 5.52. The van der Waals surface area contributed by atoms with E-state index in [1.807, 2.05) is 0 Å². The van der Waals surface area contributed by atoms with Gasteiger partial charge in [0.1, 0.15) is 5.03 Å². The number of ether oxygens (including phenoxy) is 1. The van der Waals surface area contributed by atoms with E-state index in [1.54, 1.807) is 6.07 Å². The molecule has 1 aliphatic rings. The third kappa shape index (κ3) is 3.77. The molecule has 0 aliphatic heterocycles. The summed E-state index contributed by atoms with van der Waals surface area (Å²) in [6.07, 6.45) is 2.18. The maximum absolute atomic E-state index is 11.5. The van der Waals surface area contributed by atoms with Crippen LogP contribution < -0.4 is 15.8 Å². The molecule has 1 amide bonds. The van der Waals surface area contributed by atoms with Crippen molar-refractivity contribution in [3.63, 3.8) is 0 Å². The smallest absolute Gasteiger partial charge is 0.230 e. The Morgan fingerprint density at radius 2 is 2.41 bits per heavy atom. The molecular formula is C10H14N4O2S. The minimum absolute atomic E-state index is 0.0219. The van der Waals surface area contributed by atoms with Gasteiger partial charge in [0.15, 0.2) is 0 Å². The average molecular weight is 254 g/mol. The van der Waals surface area contributed by atoms with Crippen molar-refractivity contribution in [3.8, 4) is 5.88 Å². The van der Waals surface area contributed by atoms with Gasteiger partial charge in [-0.3, -0.25) is 4.79 Å². The summed E-state index contributed by atoms with van der Waals surface area (Å²) in [5.74, 6) is 0.904. The molecular weight excluding hydrogens is 240 g/mol. The van der Waals surface area contributed by atoms with Crippen molar-refractivity contribution in [3.05, 3.63) is 6.07 Å². The standard InChI is InChI=1S/C10H14N4O2S/c1-16-8-4-9(14-10(11)13-8)17-5-7(15)12-6-2-3-6/h4,6H,2-3,5H2,1H3,(H,12,15)(H2,11,13,14).